The van der Waals surface area contributed by atoms with E-state index in [4.69, 9.17) is 4.98 Å². The van der Waals surface area contributed by atoms with Crippen LogP contribution in [0.15, 0.2) is 55.0 Å². The van der Waals surface area contributed by atoms with Crippen LogP contribution in [0, 0.1) is 25.2 Å². The van der Waals surface area contributed by atoms with Crippen molar-refractivity contribution < 1.29 is 5.11 Å². The van der Waals surface area contributed by atoms with E-state index >= 15 is 0 Å². The zero-order valence-electron chi connectivity index (χ0n) is 18.8. The Hall–Kier alpha value is -4.62. The third kappa shape index (κ3) is 3.85. The fourth-order valence-corrected chi connectivity index (χ4v) is 3.66. The number of pyridine rings is 1. The average Bonchev–Trinajstić information content (AvgIpc) is 3.43. The molecule has 0 aliphatic rings. The van der Waals surface area contributed by atoms with Crippen LogP contribution in [-0.2, 0) is 0 Å². The molecule has 0 radical (unpaired) electrons. The largest absolute Gasteiger partial charge is 0.389 e. The monoisotopic (exact) mass is 451 g/mol. The van der Waals surface area contributed by atoms with Gasteiger partial charge in [0.05, 0.1) is 22.8 Å². The second kappa shape index (κ2) is 8.38. The van der Waals surface area contributed by atoms with Crippen molar-refractivity contribution in [2.45, 2.75) is 26.9 Å². The minimum atomic E-state index is -0.760. The van der Waals surface area contributed by atoms with E-state index in [0.29, 0.717) is 28.7 Å². The Labute approximate surface area is 195 Å². The summed E-state index contributed by atoms with van der Waals surface area (Å²) in [6, 6.07) is 15.3. The van der Waals surface area contributed by atoms with Crippen LogP contribution in [-0.4, -0.2) is 39.6 Å². The SMILES string of the molecule is Cc1ccc(Nc2ccc3c(c2)ncn3-c2ccc(C(C)O)c(-n3cc(C)c(C#N)n3)n2)nn1. The van der Waals surface area contributed by atoms with E-state index in [1.165, 1.54) is 4.68 Å². The van der Waals surface area contributed by atoms with E-state index in [1.807, 2.05) is 60.9 Å². The highest BCUT2D eigenvalue weighted by Gasteiger charge is 2.17. The average molecular weight is 451 g/mol. The van der Waals surface area contributed by atoms with Crippen molar-refractivity contribution in [2.75, 3.05) is 5.32 Å². The summed E-state index contributed by atoms with van der Waals surface area (Å²) in [5, 5.41) is 35.3. The number of anilines is 2. The Kier molecular flexibility index (Phi) is 5.24. The molecule has 0 amide bonds. The van der Waals surface area contributed by atoms with E-state index in [9.17, 15) is 10.4 Å². The first-order chi connectivity index (χ1) is 16.4. The van der Waals surface area contributed by atoms with Crippen LogP contribution in [0.2, 0.25) is 0 Å². The van der Waals surface area contributed by atoms with Gasteiger partial charge in [-0.05, 0) is 63.2 Å². The lowest BCUT2D eigenvalue weighted by atomic mass is 10.1. The summed E-state index contributed by atoms with van der Waals surface area (Å²) < 4.78 is 3.39. The number of nitriles is 1. The van der Waals surface area contributed by atoms with Crippen molar-refractivity contribution in [3.05, 3.63) is 77.5 Å². The van der Waals surface area contributed by atoms with Gasteiger partial charge in [-0.3, -0.25) is 4.57 Å². The molecule has 1 aromatic carbocycles. The molecule has 10 heteroatoms. The standard InChI is InChI=1S/C24H21N9O/c1-14-12-33(31-20(14)11-25)24-18(16(3)34)6-9-23(28-24)32-13-26-19-10-17(5-7-21(19)32)27-22-8-4-15(2)29-30-22/h4-10,12-13,16,34H,1-3H3,(H,27,30). The summed E-state index contributed by atoms with van der Waals surface area (Å²) in [6.45, 7) is 5.37. The molecule has 5 rings (SSSR count). The van der Waals surface area contributed by atoms with Gasteiger partial charge in [-0.25, -0.2) is 14.6 Å². The van der Waals surface area contributed by atoms with Gasteiger partial charge in [0.25, 0.3) is 0 Å². The highest BCUT2D eigenvalue weighted by molar-refractivity contribution is 5.82. The third-order valence-electron chi connectivity index (χ3n) is 5.43. The predicted molar refractivity (Wildman–Crippen MR) is 126 cm³/mol. The minimum Gasteiger partial charge on any atom is -0.389 e. The van der Waals surface area contributed by atoms with Crippen LogP contribution in [0.5, 0.6) is 0 Å². The van der Waals surface area contributed by atoms with Crippen LogP contribution < -0.4 is 5.32 Å². The maximum atomic E-state index is 10.3. The molecule has 4 aromatic heterocycles. The van der Waals surface area contributed by atoms with Gasteiger partial charge in [-0.1, -0.05) is 0 Å². The number of aryl methyl sites for hydroxylation is 2. The number of rotatable bonds is 5. The number of hydrogen-bond acceptors (Lipinski definition) is 8. The Morgan fingerprint density at radius 2 is 1.94 bits per heavy atom. The third-order valence-corrected chi connectivity index (χ3v) is 5.43. The molecule has 0 fully saturated rings. The highest BCUT2D eigenvalue weighted by atomic mass is 16.3. The second-order valence-corrected chi connectivity index (χ2v) is 7.98. The van der Waals surface area contributed by atoms with Gasteiger partial charge < -0.3 is 10.4 Å². The van der Waals surface area contributed by atoms with Gasteiger partial charge in [-0.15, -0.1) is 5.10 Å². The van der Waals surface area contributed by atoms with Crippen LogP contribution in [0.25, 0.3) is 22.7 Å². The molecule has 0 aliphatic carbocycles. The summed E-state index contributed by atoms with van der Waals surface area (Å²) in [4.78, 5) is 9.30. The number of fused-ring (bicyclic) bond motifs is 1. The smallest absolute Gasteiger partial charge is 0.165 e. The minimum absolute atomic E-state index is 0.315. The Balaban J connectivity index is 1.54. The number of nitrogens with one attached hydrogen (secondary N) is 1. The van der Waals surface area contributed by atoms with Crippen molar-refractivity contribution >= 4 is 22.5 Å². The lowest BCUT2D eigenvalue weighted by Gasteiger charge is -2.13. The molecule has 0 aliphatic heterocycles. The molecule has 4 heterocycles. The lowest BCUT2D eigenvalue weighted by molar-refractivity contribution is 0.198. The van der Waals surface area contributed by atoms with Gasteiger partial charge in [0.1, 0.15) is 18.2 Å². The lowest BCUT2D eigenvalue weighted by Crippen LogP contribution is -2.09. The first-order valence-corrected chi connectivity index (χ1v) is 10.6. The van der Waals surface area contributed by atoms with E-state index in [2.05, 4.69) is 31.7 Å². The molecule has 0 bridgehead atoms. The molecule has 1 atom stereocenters. The maximum Gasteiger partial charge on any atom is 0.165 e. The van der Waals surface area contributed by atoms with E-state index in [0.717, 1.165) is 28.0 Å². The summed E-state index contributed by atoms with van der Waals surface area (Å²) >= 11 is 0. The summed E-state index contributed by atoms with van der Waals surface area (Å²) in [7, 11) is 0. The van der Waals surface area contributed by atoms with Crippen molar-refractivity contribution in [1.29, 1.82) is 5.26 Å². The quantitative estimate of drug-likeness (QED) is 0.414. The van der Waals surface area contributed by atoms with E-state index < -0.39 is 6.10 Å². The molecule has 0 spiro atoms. The fraction of sp³-hybridized carbons (Fsp3) is 0.167. The number of aliphatic hydroxyl groups is 1. The summed E-state index contributed by atoms with van der Waals surface area (Å²) in [5.41, 5.74) is 4.97. The number of aliphatic hydroxyl groups excluding tert-OH is 1. The zero-order valence-corrected chi connectivity index (χ0v) is 18.8. The Bertz CT molecular complexity index is 1540. The van der Waals surface area contributed by atoms with Gasteiger partial charge in [0.15, 0.2) is 17.3 Å². The first kappa shape index (κ1) is 21.2. The molecule has 2 N–H and O–H groups in total. The topological polar surface area (TPSA) is 130 Å². The highest BCUT2D eigenvalue weighted by Crippen LogP contribution is 2.26. The first-order valence-electron chi connectivity index (χ1n) is 10.6. The van der Waals surface area contributed by atoms with Crippen molar-refractivity contribution in [3.63, 3.8) is 0 Å². The normalized spacial score (nSPS) is 12.0. The summed E-state index contributed by atoms with van der Waals surface area (Å²) in [5.74, 6) is 1.71. The predicted octanol–water partition coefficient (Wildman–Crippen LogP) is 3.68. The van der Waals surface area contributed by atoms with Gasteiger partial charge in [0, 0.05) is 23.0 Å². The molecule has 5 aromatic rings. The Morgan fingerprint density at radius 3 is 2.65 bits per heavy atom. The number of nitrogens with zero attached hydrogens (tertiary/aromatic N) is 8. The molecular weight excluding hydrogens is 430 g/mol. The maximum absolute atomic E-state index is 10.3. The molecular formula is C24H21N9O. The van der Waals surface area contributed by atoms with Crippen LogP contribution in [0.1, 0.15) is 35.5 Å². The van der Waals surface area contributed by atoms with Gasteiger partial charge >= 0.3 is 0 Å². The van der Waals surface area contributed by atoms with Crippen molar-refractivity contribution in [3.8, 4) is 17.7 Å². The van der Waals surface area contributed by atoms with Crippen LogP contribution in [0.3, 0.4) is 0 Å². The van der Waals surface area contributed by atoms with Gasteiger partial charge in [0.2, 0.25) is 0 Å². The molecule has 34 heavy (non-hydrogen) atoms. The summed E-state index contributed by atoms with van der Waals surface area (Å²) in [6.07, 6.45) is 2.67. The van der Waals surface area contributed by atoms with Crippen LogP contribution in [0.4, 0.5) is 11.5 Å². The number of aromatic nitrogens is 7. The number of imidazole rings is 1. The Morgan fingerprint density at radius 1 is 1.09 bits per heavy atom. The molecule has 0 saturated carbocycles. The fourth-order valence-electron chi connectivity index (χ4n) is 3.66. The molecule has 1 unspecified atom stereocenters. The van der Waals surface area contributed by atoms with Crippen molar-refractivity contribution in [1.82, 2.24) is 34.5 Å². The second-order valence-electron chi connectivity index (χ2n) is 7.98. The van der Waals surface area contributed by atoms with E-state index in [-0.39, 0.29) is 0 Å². The number of hydrogen-bond donors (Lipinski definition) is 2. The van der Waals surface area contributed by atoms with Crippen LogP contribution >= 0.6 is 0 Å². The molecule has 0 saturated heterocycles. The molecule has 168 valence electrons. The van der Waals surface area contributed by atoms with Crippen molar-refractivity contribution in [2.24, 2.45) is 0 Å². The zero-order chi connectivity index (χ0) is 23.8. The number of benzene rings is 1. The van der Waals surface area contributed by atoms with Gasteiger partial charge in [-0.2, -0.15) is 15.5 Å². The van der Waals surface area contributed by atoms with E-state index in [1.54, 1.807) is 19.4 Å². The molecule has 10 nitrogen and oxygen atoms in total.